The average molecular weight is 404 g/mol. The Morgan fingerprint density at radius 3 is 2.62 bits per heavy atom. The molecule has 8 nitrogen and oxygen atoms in total. The van der Waals surface area contributed by atoms with Crippen molar-refractivity contribution in [3.63, 3.8) is 0 Å². The minimum absolute atomic E-state index is 0.151. The Labute approximate surface area is 165 Å². The van der Waals surface area contributed by atoms with Crippen LogP contribution in [0.1, 0.15) is 37.0 Å². The van der Waals surface area contributed by atoms with Gasteiger partial charge in [0.25, 0.3) is 16.8 Å². The maximum Gasteiger partial charge on any atom is 0.329 e. The summed E-state index contributed by atoms with van der Waals surface area (Å²) in [6, 6.07) is 3.30. The van der Waals surface area contributed by atoms with Crippen LogP contribution < -0.4 is 20.9 Å². The summed E-state index contributed by atoms with van der Waals surface area (Å²) in [6.07, 6.45) is 0.719. The van der Waals surface area contributed by atoms with Crippen LogP contribution in [-0.2, 0) is 9.53 Å². The van der Waals surface area contributed by atoms with Gasteiger partial charge in [0, 0.05) is 6.54 Å². The van der Waals surface area contributed by atoms with Gasteiger partial charge >= 0.3 is 5.97 Å². The van der Waals surface area contributed by atoms with Crippen molar-refractivity contribution in [3.8, 4) is 5.75 Å². The van der Waals surface area contributed by atoms with Gasteiger partial charge in [-0.25, -0.2) is 9.18 Å². The van der Waals surface area contributed by atoms with E-state index in [0.29, 0.717) is 19.4 Å². The molecule has 1 fully saturated rings. The minimum Gasteiger partial charge on any atom is -0.491 e. The van der Waals surface area contributed by atoms with Crippen LogP contribution in [-0.4, -0.2) is 42.6 Å². The predicted molar refractivity (Wildman–Crippen MR) is 103 cm³/mol. The van der Waals surface area contributed by atoms with Gasteiger partial charge in [0.2, 0.25) is 0 Å². The number of rotatable bonds is 6. The number of ether oxygens (including phenoxy) is 2. The van der Waals surface area contributed by atoms with Crippen molar-refractivity contribution in [3.05, 3.63) is 50.0 Å². The van der Waals surface area contributed by atoms with Gasteiger partial charge in [-0.05, 0) is 38.8 Å². The van der Waals surface area contributed by atoms with Crippen molar-refractivity contribution in [1.29, 1.82) is 0 Å². The van der Waals surface area contributed by atoms with Crippen LogP contribution in [0.4, 0.5) is 15.8 Å². The summed E-state index contributed by atoms with van der Waals surface area (Å²) < 4.78 is 25.0. The van der Waals surface area contributed by atoms with E-state index < -0.39 is 34.6 Å². The number of carbonyl (C=O) groups excluding carboxylic acids is 2. The van der Waals surface area contributed by atoms with Gasteiger partial charge in [-0.2, -0.15) is 0 Å². The van der Waals surface area contributed by atoms with Crippen molar-refractivity contribution in [2.45, 2.75) is 38.8 Å². The first-order valence-corrected chi connectivity index (χ1v) is 9.20. The molecule has 1 aliphatic heterocycles. The van der Waals surface area contributed by atoms with E-state index in [4.69, 9.17) is 9.47 Å². The smallest absolute Gasteiger partial charge is 0.329 e. The number of likely N-dealkylation sites (tertiary alicyclic amines) is 1. The molecule has 1 amide bonds. The zero-order chi connectivity index (χ0) is 21.3. The van der Waals surface area contributed by atoms with Crippen LogP contribution in [0.3, 0.4) is 0 Å². The van der Waals surface area contributed by atoms with Gasteiger partial charge in [0.15, 0.2) is 11.6 Å². The lowest BCUT2D eigenvalue weighted by Gasteiger charge is -2.24. The fraction of sp³-hybridized carbons (Fsp3) is 0.400. The molecular weight excluding hydrogens is 383 g/mol. The second kappa shape index (κ2) is 8.02. The van der Waals surface area contributed by atoms with Gasteiger partial charge in [0.05, 0.1) is 24.5 Å². The molecule has 0 spiro atoms. The number of methoxy groups -OCH3 is 1. The first kappa shape index (κ1) is 20.5. The monoisotopic (exact) mass is 404 g/mol. The standard InChI is InChI=1S/C20H21FN2O6/c1-10(2)29-20(27)13-8-5-9-23(13)19(26)11-6-4-7-12(14(11)21)22-15-16(24)17(25)18(15)28-3/h4,6-7,10,13,22H,5,8-9H2,1-3H3/t13-/m0/s1. The molecule has 29 heavy (non-hydrogen) atoms. The lowest BCUT2D eigenvalue weighted by atomic mass is 10.1. The molecular formula is C20H21FN2O6. The summed E-state index contributed by atoms with van der Waals surface area (Å²) >= 11 is 0. The maximum atomic E-state index is 15.0. The highest BCUT2D eigenvalue weighted by Crippen LogP contribution is 2.28. The first-order valence-electron chi connectivity index (χ1n) is 9.20. The lowest BCUT2D eigenvalue weighted by molar-refractivity contribution is -0.151. The van der Waals surface area contributed by atoms with Gasteiger partial charge in [0.1, 0.15) is 11.7 Å². The van der Waals surface area contributed by atoms with Crippen molar-refractivity contribution in [2.75, 3.05) is 19.0 Å². The first-order chi connectivity index (χ1) is 13.8. The van der Waals surface area contributed by atoms with Crippen LogP contribution in [0.2, 0.25) is 0 Å². The second-order valence-corrected chi connectivity index (χ2v) is 7.00. The summed E-state index contributed by atoms with van der Waals surface area (Å²) in [5, 5.41) is 2.52. The van der Waals surface area contributed by atoms with E-state index in [9.17, 15) is 19.2 Å². The van der Waals surface area contributed by atoms with E-state index in [1.807, 2.05) is 0 Å². The minimum atomic E-state index is -0.893. The summed E-state index contributed by atoms with van der Waals surface area (Å²) in [4.78, 5) is 49.6. The van der Waals surface area contributed by atoms with Crippen LogP contribution in [0.25, 0.3) is 0 Å². The average Bonchev–Trinajstić information content (AvgIpc) is 3.17. The zero-order valence-corrected chi connectivity index (χ0v) is 16.3. The zero-order valence-electron chi connectivity index (χ0n) is 16.3. The molecule has 1 N–H and O–H groups in total. The number of hydrogen-bond donors (Lipinski definition) is 1. The Kier molecular flexibility index (Phi) is 5.67. The molecule has 0 radical (unpaired) electrons. The lowest BCUT2D eigenvalue weighted by Crippen LogP contribution is -2.42. The summed E-state index contributed by atoms with van der Waals surface area (Å²) in [5.74, 6) is -2.25. The van der Waals surface area contributed by atoms with E-state index in [1.54, 1.807) is 13.8 Å². The predicted octanol–water partition coefficient (Wildman–Crippen LogP) is 1.73. The molecule has 1 atom stereocenters. The van der Waals surface area contributed by atoms with Crippen LogP contribution in [0.5, 0.6) is 5.75 Å². The highest BCUT2D eigenvalue weighted by atomic mass is 19.1. The largest absolute Gasteiger partial charge is 0.491 e. The van der Waals surface area contributed by atoms with Crippen molar-refractivity contribution in [2.24, 2.45) is 0 Å². The number of halogens is 1. The van der Waals surface area contributed by atoms with E-state index in [0.717, 1.165) is 0 Å². The Balaban J connectivity index is 1.86. The third-order valence-corrected chi connectivity index (χ3v) is 4.70. The topological polar surface area (TPSA) is 102 Å². The van der Waals surface area contributed by atoms with Gasteiger partial charge in [-0.15, -0.1) is 0 Å². The van der Waals surface area contributed by atoms with Crippen LogP contribution >= 0.6 is 0 Å². The third kappa shape index (κ3) is 3.72. The molecule has 0 aliphatic carbocycles. The van der Waals surface area contributed by atoms with Crippen LogP contribution in [0, 0.1) is 5.82 Å². The quantitative estimate of drug-likeness (QED) is 0.578. The number of esters is 1. The van der Waals surface area contributed by atoms with E-state index in [-0.39, 0.29) is 28.8 Å². The number of nitrogens with zero attached hydrogens (tertiary/aromatic N) is 1. The second-order valence-electron chi connectivity index (χ2n) is 7.00. The van der Waals surface area contributed by atoms with Crippen molar-refractivity contribution in [1.82, 2.24) is 4.90 Å². The normalized spacial score (nSPS) is 16.3. The number of nitrogens with one attached hydrogen (secondary N) is 1. The molecule has 0 unspecified atom stereocenters. The molecule has 0 bridgehead atoms. The molecule has 1 aliphatic rings. The molecule has 9 heteroatoms. The van der Waals surface area contributed by atoms with Gasteiger partial charge in [-0.3, -0.25) is 14.4 Å². The maximum absolute atomic E-state index is 15.0. The number of benzene rings is 1. The fourth-order valence-electron chi connectivity index (χ4n) is 3.33. The highest BCUT2D eigenvalue weighted by Gasteiger charge is 2.37. The number of anilines is 2. The van der Waals surface area contributed by atoms with Crippen molar-refractivity contribution >= 4 is 23.3 Å². The number of amides is 1. The van der Waals surface area contributed by atoms with E-state index in [2.05, 4.69) is 5.32 Å². The molecule has 154 valence electrons. The number of carbonyl (C=O) groups is 2. The summed E-state index contributed by atoms with van der Waals surface area (Å²) in [7, 11) is 1.22. The highest BCUT2D eigenvalue weighted by molar-refractivity contribution is 5.98. The fourth-order valence-corrected chi connectivity index (χ4v) is 3.33. The molecule has 1 saturated heterocycles. The van der Waals surface area contributed by atoms with E-state index in [1.165, 1.54) is 30.2 Å². The Morgan fingerprint density at radius 1 is 1.24 bits per heavy atom. The Bertz CT molecular complexity index is 1020. The number of hydrogen-bond acceptors (Lipinski definition) is 7. The van der Waals surface area contributed by atoms with Gasteiger partial charge < -0.3 is 19.7 Å². The molecule has 1 heterocycles. The molecule has 0 saturated carbocycles. The molecule has 2 aromatic rings. The SMILES string of the molecule is COc1c(Nc2cccc(C(=O)N3CCC[C@H]3C(=O)OC(C)C)c2F)c(=O)c1=O. The summed E-state index contributed by atoms with van der Waals surface area (Å²) in [5.41, 5.74) is -2.19. The summed E-state index contributed by atoms with van der Waals surface area (Å²) in [6.45, 7) is 3.73. The molecule has 0 aromatic heterocycles. The molecule has 2 aromatic carbocycles. The van der Waals surface area contributed by atoms with E-state index >= 15 is 4.39 Å². The Hall–Kier alpha value is -3.23. The Morgan fingerprint density at radius 2 is 1.97 bits per heavy atom. The molecule has 3 rings (SSSR count). The van der Waals surface area contributed by atoms with Gasteiger partial charge in [-0.1, -0.05) is 6.07 Å². The third-order valence-electron chi connectivity index (χ3n) is 4.70. The van der Waals surface area contributed by atoms with Crippen molar-refractivity contribution < 1.29 is 23.5 Å². The van der Waals surface area contributed by atoms with Crippen LogP contribution in [0.15, 0.2) is 27.8 Å².